The molecule has 0 radical (unpaired) electrons. The zero-order chi connectivity index (χ0) is 22.2. The largest absolute Gasteiger partial charge is 0.495 e. The van der Waals surface area contributed by atoms with Gasteiger partial charge in [0, 0.05) is 31.9 Å². The van der Waals surface area contributed by atoms with Gasteiger partial charge in [0.05, 0.1) is 24.2 Å². The standard InChI is InChI=1S/C27H36N4O/c1-3-11-23-22-25(31(28-23)24-12-5-4-6-13-24)14-9-10-17-29-18-20-30(21-19-29)26-15-7-8-16-27(26)32-2/h4-8,12-13,15-16,22H,3,9-11,14,17-21H2,1-2H3. The number of aryl methyl sites for hydroxylation is 2. The Morgan fingerprint density at radius 2 is 1.62 bits per heavy atom. The molecule has 0 atom stereocenters. The van der Waals surface area contributed by atoms with Crippen LogP contribution < -0.4 is 9.64 Å². The number of unbranched alkanes of at least 4 members (excludes halogenated alkanes) is 1. The maximum atomic E-state index is 5.54. The van der Waals surface area contributed by atoms with Crippen molar-refractivity contribution in [3.63, 3.8) is 0 Å². The average molecular weight is 433 g/mol. The zero-order valence-electron chi connectivity index (χ0n) is 19.5. The lowest BCUT2D eigenvalue weighted by Crippen LogP contribution is -2.46. The van der Waals surface area contributed by atoms with Crippen LogP contribution in [0.25, 0.3) is 5.69 Å². The van der Waals surface area contributed by atoms with Crippen LogP contribution >= 0.6 is 0 Å². The quantitative estimate of drug-likeness (QED) is 0.423. The third kappa shape index (κ3) is 5.52. The van der Waals surface area contributed by atoms with Crippen molar-refractivity contribution in [1.82, 2.24) is 14.7 Å². The molecule has 1 aliphatic heterocycles. The number of rotatable bonds is 10. The van der Waals surface area contributed by atoms with E-state index in [0.29, 0.717) is 0 Å². The second kappa shape index (κ2) is 11.2. The summed E-state index contributed by atoms with van der Waals surface area (Å²) in [7, 11) is 1.75. The number of nitrogens with zero attached hydrogens (tertiary/aromatic N) is 4. The Morgan fingerprint density at radius 1 is 0.875 bits per heavy atom. The van der Waals surface area contributed by atoms with E-state index in [1.165, 1.54) is 36.5 Å². The lowest BCUT2D eigenvalue weighted by molar-refractivity contribution is 0.252. The summed E-state index contributed by atoms with van der Waals surface area (Å²) in [6.45, 7) is 7.72. The fourth-order valence-corrected chi connectivity index (χ4v) is 4.57. The summed E-state index contributed by atoms with van der Waals surface area (Å²) in [4.78, 5) is 5.05. The molecule has 0 N–H and O–H groups in total. The predicted molar refractivity (Wildman–Crippen MR) is 132 cm³/mol. The zero-order valence-corrected chi connectivity index (χ0v) is 19.5. The van der Waals surface area contributed by atoms with Crippen LogP contribution in [-0.4, -0.2) is 54.5 Å². The first kappa shape index (κ1) is 22.4. The van der Waals surface area contributed by atoms with Gasteiger partial charge in [0.2, 0.25) is 0 Å². The van der Waals surface area contributed by atoms with Crippen molar-refractivity contribution in [3.8, 4) is 11.4 Å². The van der Waals surface area contributed by atoms with Gasteiger partial charge in [0.25, 0.3) is 0 Å². The molecule has 0 bridgehead atoms. The fraction of sp³-hybridized carbons (Fsp3) is 0.444. The fourth-order valence-electron chi connectivity index (χ4n) is 4.57. The van der Waals surface area contributed by atoms with E-state index >= 15 is 0 Å². The summed E-state index contributed by atoms with van der Waals surface area (Å²) in [6, 6.07) is 21.2. The normalized spacial score (nSPS) is 14.6. The summed E-state index contributed by atoms with van der Waals surface area (Å²) in [5, 5.41) is 4.88. The Labute approximate surface area is 192 Å². The second-order valence-electron chi connectivity index (χ2n) is 8.58. The molecule has 0 spiro atoms. The van der Waals surface area contributed by atoms with Gasteiger partial charge in [-0.2, -0.15) is 5.10 Å². The molecule has 170 valence electrons. The van der Waals surface area contributed by atoms with Gasteiger partial charge in [-0.05, 0) is 62.6 Å². The minimum Gasteiger partial charge on any atom is -0.495 e. The van der Waals surface area contributed by atoms with E-state index in [9.17, 15) is 0 Å². The molecule has 0 unspecified atom stereocenters. The number of piperazine rings is 1. The number of hydrogen-bond acceptors (Lipinski definition) is 4. The molecule has 5 nitrogen and oxygen atoms in total. The molecule has 2 heterocycles. The Bertz CT molecular complexity index is 961. The van der Waals surface area contributed by atoms with Gasteiger partial charge >= 0.3 is 0 Å². The van der Waals surface area contributed by atoms with Crippen molar-refractivity contribution in [2.75, 3.05) is 44.7 Å². The van der Waals surface area contributed by atoms with E-state index in [1.807, 2.05) is 12.1 Å². The SMILES string of the molecule is CCCc1cc(CCCCN2CCN(c3ccccc3OC)CC2)n(-c2ccccc2)n1. The molecule has 5 heteroatoms. The van der Waals surface area contributed by atoms with E-state index in [0.717, 1.165) is 56.9 Å². The summed E-state index contributed by atoms with van der Waals surface area (Å²) < 4.78 is 7.69. The van der Waals surface area contributed by atoms with E-state index < -0.39 is 0 Å². The molecule has 0 saturated carbocycles. The van der Waals surface area contributed by atoms with Gasteiger partial charge in [0.15, 0.2) is 0 Å². The summed E-state index contributed by atoms with van der Waals surface area (Å²) in [5.41, 5.74) is 4.92. The molecule has 3 aromatic rings. The first-order valence-electron chi connectivity index (χ1n) is 12.0. The van der Waals surface area contributed by atoms with E-state index in [2.05, 4.69) is 69.9 Å². The van der Waals surface area contributed by atoms with Gasteiger partial charge in [-0.3, -0.25) is 4.90 Å². The molecule has 1 fully saturated rings. The molecule has 0 aliphatic carbocycles. The van der Waals surface area contributed by atoms with E-state index in [4.69, 9.17) is 9.84 Å². The van der Waals surface area contributed by atoms with Crippen LogP contribution in [0.3, 0.4) is 0 Å². The van der Waals surface area contributed by atoms with Crippen LogP contribution in [0.1, 0.15) is 37.6 Å². The third-order valence-electron chi connectivity index (χ3n) is 6.30. The third-order valence-corrected chi connectivity index (χ3v) is 6.30. The maximum Gasteiger partial charge on any atom is 0.142 e. The van der Waals surface area contributed by atoms with E-state index in [1.54, 1.807) is 7.11 Å². The predicted octanol–water partition coefficient (Wildman–Crippen LogP) is 4.98. The van der Waals surface area contributed by atoms with Crippen molar-refractivity contribution in [1.29, 1.82) is 0 Å². The van der Waals surface area contributed by atoms with Crippen LogP contribution in [0.2, 0.25) is 0 Å². The first-order valence-corrected chi connectivity index (χ1v) is 12.0. The van der Waals surface area contributed by atoms with Gasteiger partial charge in [-0.1, -0.05) is 43.7 Å². The number of anilines is 1. The maximum absolute atomic E-state index is 5.54. The Hall–Kier alpha value is -2.79. The topological polar surface area (TPSA) is 33.5 Å². The van der Waals surface area contributed by atoms with Crippen molar-refractivity contribution in [3.05, 3.63) is 72.1 Å². The number of para-hydroxylation sites is 3. The molecule has 1 aromatic heterocycles. The molecule has 1 aliphatic rings. The molecule has 4 rings (SSSR count). The van der Waals surface area contributed by atoms with Crippen LogP contribution in [0, 0.1) is 0 Å². The highest BCUT2D eigenvalue weighted by molar-refractivity contribution is 5.58. The van der Waals surface area contributed by atoms with Gasteiger partial charge < -0.3 is 9.64 Å². The number of ether oxygens (including phenoxy) is 1. The minimum absolute atomic E-state index is 0.971. The average Bonchev–Trinajstić information content (AvgIpc) is 3.25. The number of aromatic nitrogens is 2. The lowest BCUT2D eigenvalue weighted by atomic mass is 10.1. The molecular formula is C27H36N4O. The van der Waals surface area contributed by atoms with Gasteiger partial charge in [-0.25, -0.2) is 4.68 Å². The van der Waals surface area contributed by atoms with Crippen molar-refractivity contribution in [2.45, 2.75) is 39.0 Å². The lowest BCUT2D eigenvalue weighted by Gasteiger charge is -2.36. The van der Waals surface area contributed by atoms with Crippen LogP contribution in [-0.2, 0) is 12.8 Å². The molecular weight excluding hydrogens is 396 g/mol. The highest BCUT2D eigenvalue weighted by Gasteiger charge is 2.19. The summed E-state index contributed by atoms with van der Waals surface area (Å²) in [5.74, 6) is 0.971. The highest BCUT2D eigenvalue weighted by atomic mass is 16.5. The number of hydrogen-bond donors (Lipinski definition) is 0. The molecule has 2 aromatic carbocycles. The molecule has 0 amide bonds. The van der Waals surface area contributed by atoms with Crippen LogP contribution in [0.4, 0.5) is 5.69 Å². The minimum atomic E-state index is 0.971. The van der Waals surface area contributed by atoms with Crippen molar-refractivity contribution >= 4 is 5.69 Å². The Balaban J connectivity index is 1.26. The summed E-state index contributed by atoms with van der Waals surface area (Å²) >= 11 is 0. The molecule has 1 saturated heterocycles. The summed E-state index contributed by atoms with van der Waals surface area (Å²) in [6.07, 6.45) is 5.66. The Morgan fingerprint density at radius 3 is 2.38 bits per heavy atom. The van der Waals surface area contributed by atoms with Gasteiger partial charge in [0.1, 0.15) is 5.75 Å². The number of methoxy groups -OCH3 is 1. The highest BCUT2D eigenvalue weighted by Crippen LogP contribution is 2.28. The van der Waals surface area contributed by atoms with Crippen LogP contribution in [0.5, 0.6) is 5.75 Å². The number of benzene rings is 2. The van der Waals surface area contributed by atoms with Crippen molar-refractivity contribution in [2.24, 2.45) is 0 Å². The smallest absolute Gasteiger partial charge is 0.142 e. The Kier molecular flexibility index (Phi) is 7.83. The van der Waals surface area contributed by atoms with Crippen molar-refractivity contribution < 1.29 is 4.74 Å². The van der Waals surface area contributed by atoms with Crippen LogP contribution in [0.15, 0.2) is 60.7 Å². The molecule has 32 heavy (non-hydrogen) atoms. The van der Waals surface area contributed by atoms with Gasteiger partial charge in [-0.15, -0.1) is 0 Å². The first-order chi connectivity index (χ1) is 15.8. The second-order valence-corrected chi connectivity index (χ2v) is 8.58. The van der Waals surface area contributed by atoms with E-state index in [-0.39, 0.29) is 0 Å². The monoisotopic (exact) mass is 432 g/mol.